The molecule has 3 aliphatic rings. The number of likely N-dealkylation sites (tertiary alicyclic amines) is 1. The van der Waals surface area contributed by atoms with Crippen LogP contribution in [0.15, 0.2) is 36.5 Å². The number of allylic oxidation sites excluding steroid dienone is 1. The van der Waals surface area contributed by atoms with Gasteiger partial charge < -0.3 is 10.2 Å². The number of carbonyl (C=O) groups is 2. The number of fused-ring (bicyclic) bond motifs is 2. The lowest BCUT2D eigenvalue weighted by Gasteiger charge is -2.16. The molecule has 1 aliphatic carbocycles. The fourth-order valence-corrected chi connectivity index (χ4v) is 5.48. The molecule has 1 fully saturated rings. The Kier molecular flexibility index (Phi) is 4.76. The lowest BCUT2D eigenvalue weighted by molar-refractivity contribution is -0.125. The molecule has 5 rings (SSSR count). The van der Waals surface area contributed by atoms with E-state index in [1.807, 2.05) is 23.1 Å². The van der Waals surface area contributed by atoms with Gasteiger partial charge in [-0.2, -0.15) is 0 Å². The Bertz CT molecular complexity index is 1060. The second-order valence-electron chi connectivity index (χ2n) is 7.82. The first-order valence-electron chi connectivity index (χ1n) is 9.77. The molecule has 0 saturated carbocycles. The predicted molar refractivity (Wildman–Crippen MR) is 116 cm³/mol. The number of carbonyl (C=O) groups excluding carboxylic acids is 2. The Morgan fingerprint density at radius 2 is 2.21 bits per heavy atom. The molecule has 148 valence electrons. The third-order valence-corrected chi connectivity index (χ3v) is 7.18. The first kappa shape index (κ1) is 18.6. The van der Waals surface area contributed by atoms with E-state index in [1.54, 1.807) is 23.6 Å². The summed E-state index contributed by atoms with van der Waals surface area (Å²) < 4.78 is 0.818. The Balaban J connectivity index is 1.23. The van der Waals surface area contributed by atoms with Crippen molar-refractivity contribution in [2.45, 2.75) is 19.3 Å². The summed E-state index contributed by atoms with van der Waals surface area (Å²) in [6.45, 7) is 1.56. The van der Waals surface area contributed by atoms with Gasteiger partial charge in [-0.15, -0.1) is 11.3 Å². The van der Waals surface area contributed by atoms with Gasteiger partial charge in [0, 0.05) is 36.7 Å². The van der Waals surface area contributed by atoms with Crippen LogP contribution in [0.5, 0.6) is 0 Å². The third-order valence-electron chi connectivity index (χ3n) is 5.88. The summed E-state index contributed by atoms with van der Waals surface area (Å²) in [6.07, 6.45) is 9.63. The number of amides is 2. The number of pyridine rings is 1. The highest BCUT2D eigenvalue weighted by Gasteiger charge is 2.38. The molecule has 2 aromatic rings. The SMILES string of the molecule is O=C1CCc2cc(/C=C/C(=O)N3CC4C=C(c5ccc(Cl)s5)CC4C3)cnc2N1. The summed E-state index contributed by atoms with van der Waals surface area (Å²) in [5.74, 6) is 1.60. The van der Waals surface area contributed by atoms with E-state index in [4.69, 9.17) is 11.6 Å². The molecule has 7 heteroatoms. The van der Waals surface area contributed by atoms with Crippen LogP contribution >= 0.6 is 22.9 Å². The standard InChI is InChI=1S/C22H20ClN3O2S/c23-19-4-3-18(29-19)15-8-16-11-26(12-17(16)9-15)21(28)6-1-13-7-14-2-5-20(27)25-22(14)24-10-13/h1,3-4,6-8,10,16-17H,2,5,9,11-12H2,(H,24,25,27)/b6-1+. The van der Waals surface area contributed by atoms with Gasteiger partial charge in [0.25, 0.3) is 0 Å². The number of hydrogen-bond acceptors (Lipinski definition) is 4. The van der Waals surface area contributed by atoms with Gasteiger partial charge in [0.05, 0.1) is 4.34 Å². The number of rotatable bonds is 3. The maximum atomic E-state index is 12.7. The van der Waals surface area contributed by atoms with Crippen molar-refractivity contribution < 1.29 is 9.59 Å². The minimum Gasteiger partial charge on any atom is -0.338 e. The van der Waals surface area contributed by atoms with E-state index in [9.17, 15) is 9.59 Å². The van der Waals surface area contributed by atoms with Gasteiger partial charge in [0.2, 0.25) is 11.8 Å². The number of nitrogens with zero attached hydrogens (tertiary/aromatic N) is 2. The summed E-state index contributed by atoms with van der Waals surface area (Å²) in [5.41, 5.74) is 3.26. The van der Waals surface area contributed by atoms with E-state index in [0.29, 0.717) is 30.5 Å². The van der Waals surface area contributed by atoms with Gasteiger partial charge >= 0.3 is 0 Å². The highest BCUT2D eigenvalue weighted by molar-refractivity contribution is 7.17. The van der Waals surface area contributed by atoms with Crippen LogP contribution in [-0.2, 0) is 16.0 Å². The molecule has 1 N–H and O–H groups in total. The molecule has 2 amide bonds. The first-order chi connectivity index (χ1) is 14.0. The molecule has 29 heavy (non-hydrogen) atoms. The third kappa shape index (κ3) is 3.74. The largest absolute Gasteiger partial charge is 0.338 e. The average molecular weight is 426 g/mol. The summed E-state index contributed by atoms with van der Waals surface area (Å²) in [4.78, 5) is 31.6. The van der Waals surface area contributed by atoms with Crippen molar-refractivity contribution >= 4 is 52.2 Å². The molecule has 2 atom stereocenters. The van der Waals surface area contributed by atoms with Gasteiger partial charge in [-0.25, -0.2) is 4.98 Å². The Hall–Kier alpha value is -2.44. The molecule has 0 spiro atoms. The summed E-state index contributed by atoms with van der Waals surface area (Å²) in [5, 5.41) is 2.77. The number of hydrogen-bond donors (Lipinski definition) is 1. The van der Waals surface area contributed by atoms with E-state index in [2.05, 4.69) is 22.4 Å². The normalized spacial score (nSPS) is 23.1. The zero-order valence-electron chi connectivity index (χ0n) is 15.7. The maximum absolute atomic E-state index is 12.7. The number of thiophene rings is 1. The highest BCUT2D eigenvalue weighted by Crippen LogP contribution is 2.43. The van der Waals surface area contributed by atoms with Crippen LogP contribution in [0, 0.1) is 11.8 Å². The molecule has 2 aromatic heterocycles. The molecular formula is C22H20ClN3O2S. The van der Waals surface area contributed by atoms with Crippen LogP contribution in [0.1, 0.15) is 28.8 Å². The van der Waals surface area contributed by atoms with E-state index in [1.165, 1.54) is 10.5 Å². The lowest BCUT2D eigenvalue weighted by Crippen LogP contribution is -2.27. The van der Waals surface area contributed by atoms with Crippen LogP contribution in [0.2, 0.25) is 4.34 Å². The fourth-order valence-electron chi connectivity index (χ4n) is 4.40. The Morgan fingerprint density at radius 3 is 3.00 bits per heavy atom. The minimum atomic E-state index is 0.00225. The average Bonchev–Trinajstić information content (AvgIpc) is 3.40. The number of anilines is 1. The highest BCUT2D eigenvalue weighted by atomic mass is 35.5. The van der Waals surface area contributed by atoms with Gasteiger partial charge in [-0.1, -0.05) is 17.7 Å². The van der Waals surface area contributed by atoms with Gasteiger partial charge in [-0.3, -0.25) is 9.59 Å². The van der Waals surface area contributed by atoms with Crippen molar-refractivity contribution in [2.75, 3.05) is 18.4 Å². The van der Waals surface area contributed by atoms with Crippen molar-refractivity contribution in [2.24, 2.45) is 11.8 Å². The van der Waals surface area contributed by atoms with Gasteiger partial charge in [-0.05, 0) is 65.7 Å². The minimum absolute atomic E-state index is 0.00225. The molecule has 2 unspecified atom stereocenters. The van der Waals surface area contributed by atoms with Crippen molar-refractivity contribution in [1.29, 1.82) is 0 Å². The van der Waals surface area contributed by atoms with Crippen LogP contribution in [0.4, 0.5) is 5.82 Å². The monoisotopic (exact) mass is 425 g/mol. The summed E-state index contributed by atoms with van der Waals surface area (Å²) >= 11 is 7.69. The summed E-state index contributed by atoms with van der Waals surface area (Å²) in [6, 6.07) is 6.02. The Labute approximate surface area is 178 Å². The Morgan fingerprint density at radius 1 is 1.31 bits per heavy atom. The second kappa shape index (κ2) is 7.43. The first-order valence-corrected chi connectivity index (χ1v) is 11.0. The van der Waals surface area contributed by atoms with E-state index in [0.717, 1.165) is 35.0 Å². The number of halogens is 1. The number of nitrogens with one attached hydrogen (secondary N) is 1. The maximum Gasteiger partial charge on any atom is 0.246 e. The molecular weight excluding hydrogens is 406 g/mol. The molecule has 2 aliphatic heterocycles. The lowest BCUT2D eigenvalue weighted by atomic mass is 10.00. The molecule has 5 nitrogen and oxygen atoms in total. The fraction of sp³-hybridized carbons (Fsp3) is 0.318. The van der Waals surface area contributed by atoms with E-state index in [-0.39, 0.29) is 11.8 Å². The van der Waals surface area contributed by atoms with Crippen LogP contribution in [-0.4, -0.2) is 34.8 Å². The molecule has 4 heterocycles. The smallest absolute Gasteiger partial charge is 0.246 e. The zero-order chi connectivity index (χ0) is 20.0. The van der Waals surface area contributed by atoms with Crippen LogP contribution in [0.3, 0.4) is 0 Å². The number of aromatic nitrogens is 1. The topological polar surface area (TPSA) is 62.3 Å². The van der Waals surface area contributed by atoms with Crippen molar-refractivity contribution in [1.82, 2.24) is 9.88 Å². The van der Waals surface area contributed by atoms with Gasteiger partial charge in [0.1, 0.15) is 5.82 Å². The zero-order valence-corrected chi connectivity index (χ0v) is 17.3. The molecule has 0 bridgehead atoms. The van der Waals surface area contributed by atoms with E-state index >= 15 is 0 Å². The molecule has 0 radical (unpaired) electrons. The van der Waals surface area contributed by atoms with Crippen molar-refractivity contribution in [3.8, 4) is 0 Å². The number of aryl methyl sites for hydroxylation is 1. The molecule has 0 aromatic carbocycles. The quantitative estimate of drug-likeness (QED) is 0.747. The predicted octanol–water partition coefficient (Wildman–Crippen LogP) is 4.26. The van der Waals surface area contributed by atoms with Gasteiger partial charge in [0.15, 0.2) is 0 Å². The van der Waals surface area contributed by atoms with Crippen molar-refractivity contribution in [3.05, 3.63) is 56.9 Å². The van der Waals surface area contributed by atoms with E-state index < -0.39 is 0 Å². The van der Waals surface area contributed by atoms with Crippen LogP contribution < -0.4 is 5.32 Å². The second-order valence-corrected chi connectivity index (χ2v) is 9.54. The van der Waals surface area contributed by atoms with Crippen LogP contribution in [0.25, 0.3) is 11.6 Å². The van der Waals surface area contributed by atoms with Crippen molar-refractivity contribution in [3.63, 3.8) is 0 Å². The summed E-state index contributed by atoms with van der Waals surface area (Å²) in [7, 11) is 0. The molecule has 1 saturated heterocycles.